The molecule has 1 atom stereocenters. The summed E-state index contributed by atoms with van der Waals surface area (Å²) in [5, 5.41) is 3.24. The first kappa shape index (κ1) is 18.1. The van der Waals surface area contributed by atoms with E-state index in [9.17, 15) is 8.42 Å². The van der Waals surface area contributed by atoms with Gasteiger partial charge in [0, 0.05) is 24.7 Å². The van der Waals surface area contributed by atoms with Gasteiger partial charge in [0.05, 0.1) is 6.26 Å². The Balaban J connectivity index is 5.48. The molecule has 0 aromatic carbocycles. The molecule has 0 heterocycles. The Kier molecular flexibility index (Phi) is 7.91. The Morgan fingerprint density at radius 2 is 1.58 bits per heavy atom. The van der Waals surface area contributed by atoms with E-state index in [0.717, 1.165) is 6.26 Å². The van der Waals surface area contributed by atoms with Crippen molar-refractivity contribution in [1.82, 2.24) is 0 Å². The van der Waals surface area contributed by atoms with Crippen LogP contribution in [0.25, 0.3) is 10.4 Å². The highest BCUT2D eigenvalue weighted by Crippen LogP contribution is 2.25. The molecule has 0 amide bonds. The van der Waals surface area contributed by atoms with Gasteiger partial charge in [-0.15, -0.1) is 0 Å². The Hall–Kier alpha value is -0.900. The summed E-state index contributed by atoms with van der Waals surface area (Å²) in [5.74, 6) is -1.90. The van der Waals surface area contributed by atoms with E-state index >= 15 is 0 Å². The van der Waals surface area contributed by atoms with Crippen molar-refractivity contribution in [3.8, 4) is 0 Å². The van der Waals surface area contributed by atoms with E-state index in [4.69, 9.17) is 19.7 Å². The predicted molar refractivity (Wildman–Crippen MR) is 66.5 cm³/mol. The zero-order valence-electron chi connectivity index (χ0n) is 11.4. The molecule has 0 bridgehead atoms. The molecule has 9 nitrogen and oxygen atoms in total. The van der Waals surface area contributed by atoms with E-state index in [2.05, 4.69) is 14.2 Å². The van der Waals surface area contributed by atoms with Gasteiger partial charge in [-0.1, -0.05) is 5.11 Å². The fourth-order valence-electron chi connectivity index (χ4n) is 1.30. The maximum absolute atomic E-state index is 11.2. The number of ether oxygens (including phenoxy) is 3. The summed E-state index contributed by atoms with van der Waals surface area (Å²) in [6.07, 6.45) is -0.797. The van der Waals surface area contributed by atoms with Crippen molar-refractivity contribution in [2.75, 3.05) is 26.1 Å². The van der Waals surface area contributed by atoms with Crippen LogP contribution in [0.5, 0.6) is 0 Å². The first-order valence-corrected chi connectivity index (χ1v) is 7.51. The summed E-state index contributed by atoms with van der Waals surface area (Å²) >= 11 is 0. The van der Waals surface area contributed by atoms with Crippen molar-refractivity contribution in [2.24, 2.45) is 5.11 Å². The molecule has 0 aliphatic carbocycles. The van der Waals surface area contributed by atoms with Crippen LogP contribution in [0.4, 0.5) is 0 Å². The first-order chi connectivity index (χ1) is 8.85. The van der Waals surface area contributed by atoms with Gasteiger partial charge in [0.15, 0.2) is 0 Å². The summed E-state index contributed by atoms with van der Waals surface area (Å²) in [6, 6.07) is 0. The van der Waals surface area contributed by atoms with Crippen LogP contribution in [0.15, 0.2) is 5.11 Å². The molecule has 112 valence electrons. The molecule has 0 aromatic heterocycles. The van der Waals surface area contributed by atoms with Crippen LogP contribution in [0.2, 0.25) is 0 Å². The van der Waals surface area contributed by atoms with Gasteiger partial charge in [0.1, 0.15) is 0 Å². The van der Waals surface area contributed by atoms with Gasteiger partial charge >= 0.3 is 5.97 Å². The van der Waals surface area contributed by atoms with Crippen molar-refractivity contribution in [3.63, 3.8) is 0 Å². The van der Waals surface area contributed by atoms with Crippen molar-refractivity contribution in [3.05, 3.63) is 10.4 Å². The minimum atomic E-state index is -3.89. The van der Waals surface area contributed by atoms with Crippen molar-refractivity contribution >= 4 is 10.1 Å². The van der Waals surface area contributed by atoms with Crippen molar-refractivity contribution in [1.29, 1.82) is 0 Å². The number of nitrogens with zero attached hydrogens (tertiary/aromatic N) is 3. The van der Waals surface area contributed by atoms with Crippen LogP contribution >= 0.6 is 0 Å². The molecule has 19 heavy (non-hydrogen) atoms. The lowest BCUT2D eigenvalue weighted by molar-refractivity contribution is -0.404. The van der Waals surface area contributed by atoms with Gasteiger partial charge in [0.2, 0.25) is 6.23 Å². The Morgan fingerprint density at radius 1 is 1.16 bits per heavy atom. The smallest absolute Gasteiger partial charge is 0.318 e. The zero-order chi connectivity index (χ0) is 14.9. The van der Waals surface area contributed by atoms with Crippen molar-refractivity contribution in [2.45, 2.75) is 33.0 Å². The number of hydrogen-bond donors (Lipinski definition) is 0. The zero-order valence-corrected chi connectivity index (χ0v) is 12.2. The number of rotatable bonds is 10. The normalized spacial score (nSPS) is 13.9. The molecule has 0 saturated carbocycles. The lowest BCUT2D eigenvalue weighted by Crippen LogP contribution is -2.51. The van der Waals surface area contributed by atoms with Crippen LogP contribution in [-0.2, 0) is 28.5 Å². The highest BCUT2D eigenvalue weighted by molar-refractivity contribution is 7.86. The maximum Gasteiger partial charge on any atom is 0.318 e. The summed E-state index contributed by atoms with van der Waals surface area (Å²) in [6.45, 7) is 5.39. The standard InChI is InChI=1S/C9H19N3O6S/c1-5-15-9(16-6-2,17-7-3)8(11-12-10)18-19(4,13)14/h8H,5-7H2,1-4H3. The third-order valence-corrected chi connectivity index (χ3v) is 2.29. The molecule has 0 N–H and O–H groups in total. The third-order valence-electron chi connectivity index (χ3n) is 1.76. The lowest BCUT2D eigenvalue weighted by Gasteiger charge is -2.35. The van der Waals surface area contributed by atoms with Gasteiger partial charge < -0.3 is 14.2 Å². The van der Waals surface area contributed by atoms with Gasteiger partial charge in [-0.25, -0.2) is 0 Å². The lowest BCUT2D eigenvalue weighted by atomic mass is 10.4. The highest BCUT2D eigenvalue weighted by Gasteiger charge is 2.45. The van der Waals surface area contributed by atoms with E-state index in [0.29, 0.717) is 0 Å². The van der Waals surface area contributed by atoms with Crippen LogP contribution in [-0.4, -0.2) is 46.7 Å². The van der Waals surface area contributed by atoms with E-state index < -0.39 is 22.3 Å². The van der Waals surface area contributed by atoms with Gasteiger partial charge in [-0.3, -0.25) is 4.18 Å². The molecule has 0 aromatic rings. The molecule has 0 radical (unpaired) electrons. The van der Waals surface area contributed by atoms with Crippen LogP contribution in [0.1, 0.15) is 20.8 Å². The largest absolute Gasteiger partial charge is 0.326 e. The third kappa shape index (κ3) is 6.19. The fraction of sp³-hybridized carbons (Fsp3) is 1.00. The Morgan fingerprint density at radius 3 is 1.84 bits per heavy atom. The SMILES string of the molecule is CCOC(OCC)(OCC)C(N=[N+]=[N-])OS(C)(=O)=O. The topological polar surface area (TPSA) is 120 Å². The van der Waals surface area contributed by atoms with Gasteiger partial charge in [-0.2, -0.15) is 8.42 Å². The van der Waals surface area contributed by atoms with E-state index in [1.165, 1.54) is 0 Å². The average molecular weight is 297 g/mol. The molecule has 0 fully saturated rings. The number of azide groups is 1. The van der Waals surface area contributed by atoms with Crippen LogP contribution in [0.3, 0.4) is 0 Å². The molecule has 0 aliphatic heterocycles. The molecule has 0 rings (SSSR count). The second-order valence-corrected chi connectivity index (χ2v) is 4.86. The van der Waals surface area contributed by atoms with Crippen LogP contribution < -0.4 is 0 Å². The summed E-state index contributed by atoms with van der Waals surface area (Å²) < 4.78 is 42.9. The molecular formula is C9H19N3O6S. The minimum absolute atomic E-state index is 0.143. The van der Waals surface area contributed by atoms with Crippen molar-refractivity contribution < 1.29 is 26.8 Å². The quantitative estimate of drug-likeness (QED) is 0.197. The molecule has 0 aliphatic rings. The number of hydrogen-bond acceptors (Lipinski definition) is 7. The van der Waals surface area contributed by atoms with E-state index in [1.54, 1.807) is 20.8 Å². The van der Waals surface area contributed by atoms with Gasteiger partial charge in [-0.05, 0) is 26.3 Å². The average Bonchev–Trinajstić information content (AvgIpc) is 2.27. The summed E-state index contributed by atoms with van der Waals surface area (Å²) in [5.41, 5.74) is 8.52. The highest BCUT2D eigenvalue weighted by atomic mass is 32.2. The van der Waals surface area contributed by atoms with Gasteiger partial charge in [0.25, 0.3) is 10.1 Å². The molecule has 1 unspecified atom stereocenters. The van der Waals surface area contributed by atoms with Crippen LogP contribution in [0, 0.1) is 0 Å². The molecule has 10 heteroatoms. The minimum Gasteiger partial charge on any atom is -0.326 e. The maximum atomic E-state index is 11.2. The van der Waals surface area contributed by atoms with E-state index in [1.807, 2.05) is 0 Å². The second kappa shape index (κ2) is 8.31. The molecule has 0 saturated heterocycles. The summed E-state index contributed by atoms with van der Waals surface area (Å²) in [7, 11) is -3.89. The second-order valence-electron chi connectivity index (χ2n) is 3.26. The Bertz CT molecular complexity index is 389. The summed E-state index contributed by atoms with van der Waals surface area (Å²) in [4.78, 5) is 2.53. The monoisotopic (exact) mass is 297 g/mol. The Labute approximate surface area is 112 Å². The predicted octanol–water partition coefficient (Wildman–Crippen LogP) is 1.36. The fourth-order valence-corrected chi connectivity index (χ4v) is 1.79. The van der Waals surface area contributed by atoms with E-state index in [-0.39, 0.29) is 19.8 Å². The first-order valence-electron chi connectivity index (χ1n) is 5.69. The molecule has 0 spiro atoms. The molecular weight excluding hydrogens is 278 g/mol.